The van der Waals surface area contributed by atoms with E-state index < -0.39 is 20.0 Å². The van der Waals surface area contributed by atoms with E-state index in [1.54, 1.807) is 6.92 Å². The van der Waals surface area contributed by atoms with Gasteiger partial charge >= 0.3 is 0 Å². The van der Waals surface area contributed by atoms with E-state index in [1.165, 1.54) is 28.6 Å². The molecule has 0 aliphatic carbocycles. The molecule has 3 rings (SSSR count). The first-order valence-electron chi connectivity index (χ1n) is 8.68. The van der Waals surface area contributed by atoms with Crippen LogP contribution in [0.4, 0.5) is 0 Å². The largest absolute Gasteiger partial charge is 0.339 e. The molecule has 1 N–H and O–H groups in total. The number of hydrogen-bond acceptors (Lipinski definition) is 7. The molecule has 27 heavy (non-hydrogen) atoms. The van der Waals surface area contributed by atoms with Crippen LogP contribution in [0.25, 0.3) is 0 Å². The number of piperidine rings is 1. The second-order valence-corrected chi connectivity index (χ2v) is 10.0. The molecule has 11 heteroatoms. The smallest absolute Gasteiger partial charge is 0.243 e. The van der Waals surface area contributed by atoms with Crippen molar-refractivity contribution in [2.24, 2.45) is 0 Å². The van der Waals surface area contributed by atoms with Gasteiger partial charge in [0.15, 0.2) is 5.82 Å². The van der Waals surface area contributed by atoms with E-state index in [1.807, 2.05) is 0 Å². The molecule has 0 saturated carbocycles. The lowest BCUT2D eigenvalue weighted by Gasteiger charge is -2.25. The lowest BCUT2D eigenvalue weighted by Crippen LogP contribution is -2.35. The summed E-state index contributed by atoms with van der Waals surface area (Å²) in [6.07, 6.45) is 2.98. The maximum Gasteiger partial charge on any atom is 0.243 e. The van der Waals surface area contributed by atoms with Crippen LogP contribution < -0.4 is 4.72 Å². The van der Waals surface area contributed by atoms with E-state index in [4.69, 9.17) is 4.52 Å². The number of aromatic nitrogens is 2. The zero-order valence-corrected chi connectivity index (χ0v) is 16.6. The van der Waals surface area contributed by atoms with Gasteiger partial charge in [-0.15, -0.1) is 0 Å². The fraction of sp³-hybridized carbons (Fsp3) is 0.500. The molecule has 2 aromatic rings. The van der Waals surface area contributed by atoms with E-state index in [-0.39, 0.29) is 22.8 Å². The van der Waals surface area contributed by atoms with E-state index in [0.717, 1.165) is 19.3 Å². The Morgan fingerprint density at radius 2 is 1.67 bits per heavy atom. The van der Waals surface area contributed by atoms with Crippen molar-refractivity contribution in [1.29, 1.82) is 0 Å². The van der Waals surface area contributed by atoms with Crippen LogP contribution in [0.2, 0.25) is 0 Å². The highest BCUT2D eigenvalue weighted by atomic mass is 32.2. The lowest BCUT2D eigenvalue weighted by molar-refractivity contribution is 0.346. The summed E-state index contributed by atoms with van der Waals surface area (Å²) in [6.45, 7) is 2.77. The zero-order valence-electron chi connectivity index (χ0n) is 15.0. The van der Waals surface area contributed by atoms with Crippen molar-refractivity contribution in [2.75, 3.05) is 19.6 Å². The van der Waals surface area contributed by atoms with Gasteiger partial charge in [-0.3, -0.25) is 0 Å². The Bertz CT molecular complexity index is 978. The second kappa shape index (κ2) is 8.05. The minimum absolute atomic E-state index is 0.00167. The van der Waals surface area contributed by atoms with Crippen LogP contribution in [0, 0.1) is 6.92 Å². The molecule has 2 heterocycles. The normalized spacial score (nSPS) is 16.5. The minimum atomic E-state index is -3.76. The first-order valence-corrected chi connectivity index (χ1v) is 11.6. The first kappa shape index (κ1) is 19.9. The van der Waals surface area contributed by atoms with Crippen LogP contribution >= 0.6 is 0 Å². The lowest BCUT2D eigenvalue weighted by atomic mass is 10.2. The van der Waals surface area contributed by atoms with Crippen molar-refractivity contribution >= 4 is 20.0 Å². The maximum atomic E-state index is 12.6. The fourth-order valence-corrected chi connectivity index (χ4v) is 5.41. The monoisotopic (exact) mass is 414 g/mol. The number of rotatable bonds is 7. The Morgan fingerprint density at radius 3 is 2.26 bits per heavy atom. The van der Waals surface area contributed by atoms with Crippen LogP contribution in [0.15, 0.2) is 38.6 Å². The van der Waals surface area contributed by atoms with Gasteiger partial charge < -0.3 is 4.52 Å². The Hall–Kier alpha value is -1.82. The molecule has 148 valence electrons. The second-order valence-electron chi connectivity index (χ2n) is 6.32. The number of sulfonamides is 2. The molecule has 1 fully saturated rings. The molecule has 9 nitrogen and oxygen atoms in total. The summed E-state index contributed by atoms with van der Waals surface area (Å²) in [4.78, 5) is 4.11. The summed E-state index contributed by atoms with van der Waals surface area (Å²) in [5.41, 5.74) is 0. The molecule has 0 atom stereocenters. The van der Waals surface area contributed by atoms with E-state index in [0.29, 0.717) is 24.8 Å². The van der Waals surface area contributed by atoms with Gasteiger partial charge in [0.1, 0.15) is 0 Å². The zero-order chi connectivity index (χ0) is 19.5. The highest BCUT2D eigenvalue weighted by molar-refractivity contribution is 7.89. The molecule has 0 amide bonds. The van der Waals surface area contributed by atoms with Crippen LogP contribution in [-0.4, -0.2) is 50.9 Å². The molecular formula is C16H22N4O5S2. The Labute approximate surface area is 158 Å². The average molecular weight is 415 g/mol. The molecule has 0 spiro atoms. The van der Waals surface area contributed by atoms with E-state index in [9.17, 15) is 16.8 Å². The first-order chi connectivity index (χ1) is 12.8. The average Bonchev–Trinajstić information content (AvgIpc) is 3.07. The predicted molar refractivity (Wildman–Crippen MR) is 97.0 cm³/mol. The third kappa shape index (κ3) is 4.72. The van der Waals surface area contributed by atoms with Gasteiger partial charge in [0.05, 0.1) is 9.79 Å². The van der Waals surface area contributed by atoms with Crippen molar-refractivity contribution in [2.45, 2.75) is 42.4 Å². The number of hydrogen-bond donors (Lipinski definition) is 1. The molecule has 1 aliphatic rings. The van der Waals surface area contributed by atoms with E-state index in [2.05, 4.69) is 14.9 Å². The summed E-state index contributed by atoms with van der Waals surface area (Å²) in [5, 5.41) is 3.64. The van der Waals surface area contributed by atoms with Gasteiger partial charge in [-0.05, 0) is 44.0 Å². The Kier molecular flexibility index (Phi) is 5.94. The van der Waals surface area contributed by atoms with Gasteiger partial charge in [0.2, 0.25) is 25.9 Å². The number of benzene rings is 1. The fourth-order valence-electron chi connectivity index (χ4n) is 2.86. The summed E-state index contributed by atoms with van der Waals surface area (Å²) in [5.74, 6) is 0.830. The van der Waals surface area contributed by atoms with Crippen LogP contribution in [0.3, 0.4) is 0 Å². The van der Waals surface area contributed by atoms with Crippen LogP contribution in [-0.2, 0) is 26.5 Å². The third-order valence-corrected chi connectivity index (χ3v) is 7.68. The summed E-state index contributed by atoms with van der Waals surface area (Å²) in [6, 6.07) is 5.27. The Balaban J connectivity index is 1.66. The molecule has 1 aliphatic heterocycles. The topological polar surface area (TPSA) is 122 Å². The standard InChI is InChI=1S/C16H22N4O5S2/c1-13-18-16(25-19-13)9-10-17-26(21,22)14-5-7-15(8-6-14)27(23,24)20-11-3-2-4-12-20/h5-8,17H,2-4,9-12H2,1H3. The number of nitrogens with zero attached hydrogens (tertiary/aromatic N) is 3. The third-order valence-electron chi connectivity index (χ3n) is 4.29. The van der Waals surface area contributed by atoms with Gasteiger partial charge in [-0.1, -0.05) is 11.6 Å². The van der Waals surface area contributed by atoms with Crippen molar-refractivity contribution in [1.82, 2.24) is 19.2 Å². The molecule has 1 saturated heterocycles. The molecule has 0 unspecified atom stereocenters. The number of aryl methyl sites for hydroxylation is 1. The van der Waals surface area contributed by atoms with Crippen LogP contribution in [0.5, 0.6) is 0 Å². The van der Waals surface area contributed by atoms with Gasteiger partial charge in [0.25, 0.3) is 0 Å². The van der Waals surface area contributed by atoms with Gasteiger partial charge in [-0.2, -0.15) is 9.29 Å². The van der Waals surface area contributed by atoms with Crippen LogP contribution in [0.1, 0.15) is 31.0 Å². The maximum absolute atomic E-state index is 12.6. The van der Waals surface area contributed by atoms with Crippen molar-refractivity contribution in [3.05, 3.63) is 36.0 Å². The molecule has 1 aromatic heterocycles. The predicted octanol–water partition coefficient (Wildman–Crippen LogP) is 1.07. The Morgan fingerprint density at radius 1 is 1.04 bits per heavy atom. The van der Waals surface area contributed by atoms with Crippen molar-refractivity contribution in [3.8, 4) is 0 Å². The molecule has 1 aromatic carbocycles. The minimum Gasteiger partial charge on any atom is -0.339 e. The number of nitrogens with one attached hydrogen (secondary N) is 1. The summed E-state index contributed by atoms with van der Waals surface area (Å²) < 4.78 is 58.8. The summed E-state index contributed by atoms with van der Waals surface area (Å²) in [7, 11) is -7.34. The molecular weight excluding hydrogens is 392 g/mol. The van der Waals surface area contributed by atoms with E-state index >= 15 is 0 Å². The van der Waals surface area contributed by atoms with Crippen molar-refractivity contribution in [3.63, 3.8) is 0 Å². The summed E-state index contributed by atoms with van der Waals surface area (Å²) >= 11 is 0. The quantitative estimate of drug-likeness (QED) is 0.719. The van der Waals surface area contributed by atoms with Crippen molar-refractivity contribution < 1.29 is 21.4 Å². The highest BCUT2D eigenvalue weighted by Gasteiger charge is 2.26. The van der Waals surface area contributed by atoms with Gasteiger partial charge in [-0.25, -0.2) is 21.6 Å². The molecule has 0 radical (unpaired) electrons. The SMILES string of the molecule is Cc1noc(CCNS(=O)(=O)c2ccc(S(=O)(=O)N3CCCCC3)cc2)n1. The molecule has 0 bridgehead atoms. The highest BCUT2D eigenvalue weighted by Crippen LogP contribution is 2.21. The van der Waals surface area contributed by atoms with Gasteiger partial charge in [0, 0.05) is 26.1 Å².